The van der Waals surface area contributed by atoms with Crippen LogP contribution in [-0.4, -0.2) is 310 Å². The first-order valence-corrected chi connectivity index (χ1v) is 54.2. The molecule has 41 heteroatoms. The number of nitrogens with one attached hydrogen (secondary N) is 12. The van der Waals surface area contributed by atoms with Crippen LogP contribution >= 0.6 is 0 Å². The van der Waals surface area contributed by atoms with E-state index >= 15 is 0 Å². The van der Waals surface area contributed by atoms with E-state index in [2.05, 4.69) is 63.8 Å². The molecule has 17 N–H and O–H groups in total. The number of hydrogen-bond donors (Lipinski definition) is 17. The van der Waals surface area contributed by atoms with Gasteiger partial charge in [0.05, 0.1) is 79.3 Å². The first kappa shape index (κ1) is 131. The summed E-state index contributed by atoms with van der Waals surface area (Å²) in [5, 5.41) is 79.4. The quantitative estimate of drug-likeness (QED) is 0.0252. The number of unbranched alkanes of at least 4 members (excludes halogenated alkanes) is 32. The first-order chi connectivity index (χ1) is 69.8. The van der Waals surface area contributed by atoms with Crippen LogP contribution in [0.15, 0.2) is 0 Å². The minimum absolute atomic E-state index is 0.0201. The van der Waals surface area contributed by atoms with Gasteiger partial charge in [-0.15, -0.1) is 0 Å². The summed E-state index contributed by atoms with van der Waals surface area (Å²) in [6.07, 6.45) is 45.7. The van der Waals surface area contributed by atoms with Gasteiger partial charge in [-0.05, 0) is 147 Å². The maximum Gasteiger partial charge on any atom is 0.326 e. The van der Waals surface area contributed by atoms with E-state index in [4.69, 9.17) is 48.1 Å². The van der Waals surface area contributed by atoms with Crippen LogP contribution in [0.3, 0.4) is 0 Å². The predicted octanol–water partition coefficient (Wildman–Crippen LogP) is 9.07. The van der Waals surface area contributed by atoms with Crippen molar-refractivity contribution in [3.8, 4) is 0 Å². The minimum Gasteiger partial charge on any atom is -0.481 e. The molecule has 2 aliphatic rings. The summed E-state index contributed by atoms with van der Waals surface area (Å²) >= 11 is 0. The van der Waals surface area contributed by atoms with E-state index in [0.29, 0.717) is 83.7 Å². The molecule has 0 aromatic heterocycles. The molecule has 830 valence electrons. The van der Waals surface area contributed by atoms with Gasteiger partial charge in [0, 0.05) is 103 Å². The molecule has 0 unspecified atom stereocenters. The van der Waals surface area contributed by atoms with Gasteiger partial charge in [-0.25, -0.2) is 9.59 Å². The number of likely N-dealkylation sites (N-methyl/N-ethyl adjacent to an activating group) is 1. The molecule has 0 saturated heterocycles. The molecule has 0 aliphatic heterocycles. The fourth-order valence-corrected chi connectivity index (χ4v) is 17.0. The highest BCUT2D eigenvalue weighted by Gasteiger charge is 2.33. The SMILES string of the molecule is CN[C@@H](CCCCNC(=O)[C@H](CCCCNC(=O)COCCOCCNC(=O)COCCOCCNC(=O)CC[C@H](NC(=O)[C@H]1CC[C@H](CNC(=O)CCCCCCCCCCCCCCCCCCC(=O)O)CC1)C(=O)O)NC(=O)COCCOCCNC(=O)COCCOCCNC(=O)CC[C@H](NC(=O)[C@H]1CC[C@H](CNC(=O)CCCCCCCCCCCCCCCCCCC(=O)O)CC1)C(=O)O)C(=O)O. The summed E-state index contributed by atoms with van der Waals surface area (Å²) in [6.45, 7) is 2.44. The van der Waals surface area contributed by atoms with E-state index < -0.39 is 83.5 Å². The zero-order chi connectivity index (χ0) is 105. The van der Waals surface area contributed by atoms with E-state index in [0.717, 1.165) is 103 Å². The average Bonchev–Trinajstić information content (AvgIpc) is 0.869. The van der Waals surface area contributed by atoms with E-state index in [-0.39, 0.29) is 249 Å². The van der Waals surface area contributed by atoms with Crippen LogP contribution in [0.4, 0.5) is 0 Å². The van der Waals surface area contributed by atoms with E-state index in [1.54, 1.807) is 7.05 Å². The van der Waals surface area contributed by atoms with Gasteiger partial charge in [-0.2, -0.15) is 0 Å². The summed E-state index contributed by atoms with van der Waals surface area (Å²) in [5.41, 5.74) is 0. The third-order valence-corrected chi connectivity index (χ3v) is 25.7. The van der Waals surface area contributed by atoms with Crippen molar-refractivity contribution in [2.75, 3.05) is 165 Å². The zero-order valence-electron chi connectivity index (χ0n) is 86.8. The summed E-state index contributed by atoms with van der Waals surface area (Å²) < 4.78 is 43.5. The number of carboxylic acid groups (broad SMARTS) is 5. The van der Waals surface area contributed by atoms with Crippen LogP contribution in [0, 0.1) is 23.7 Å². The number of amides is 11. The number of carbonyl (C=O) groups is 16. The molecule has 0 aromatic rings. The largest absolute Gasteiger partial charge is 0.481 e. The second kappa shape index (κ2) is 91.6. The molecular weight excluding hydrogens is 1870 g/mol. The summed E-state index contributed by atoms with van der Waals surface area (Å²) in [4.78, 5) is 196. The number of carbonyl (C=O) groups excluding carboxylic acids is 11. The molecule has 0 spiro atoms. The summed E-state index contributed by atoms with van der Waals surface area (Å²) in [6, 6.07) is -4.14. The summed E-state index contributed by atoms with van der Waals surface area (Å²) in [7, 11) is 1.55. The number of hydrogen-bond acceptors (Lipinski definition) is 25. The zero-order valence-corrected chi connectivity index (χ0v) is 86.8. The Balaban J connectivity index is 1.46. The third-order valence-electron chi connectivity index (χ3n) is 25.7. The lowest BCUT2D eigenvalue weighted by Crippen LogP contribution is -2.48. The second-order valence-electron chi connectivity index (χ2n) is 38.0. The molecule has 2 fully saturated rings. The molecule has 11 amide bonds. The van der Waals surface area contributed by atoms with Gasteiger partial charge in [-0.3, -0.25) is 67.1 Å². The molecule has 2 saturated carbocycles. The van der Waals surface area contributed by atoms with Crippen LogP contribution < -0.4 is 63.8 Å². The molecule has 4 atom stereocenters. The van der Waals surface area contributed by atoms with Gasteiger partial charge in [0.15, 0.2) is 0 Å². The molecule has 0 heterocycles. The van der Waals surface area contributed by atoms with Crippen LogP contribution in [0.1, 0.15) is 347 Å². The summed E-state index contributed by atoms with van der Waals surface area (Å²) in [5.74, 6) is -8.68. The van der Waals surface area contributed by atoms with Crippen molar-refractivity contribution in [3.63, 3.8) is 0 Å². The predicted molar refractivity (Wildman–Crippen MR) is 541 cm³/mol. The van der Waals surface area contributed by atoms with Gasteiger partial charge in [0.1, 0.15) is 50.6 Å². The van der Waals surface area contributed by atoms with Gasteiger partial charge in [0.2, 0.25) is 65.0 Å². The minimum atomic E-state index is -1.24. The van der Waals surface area contributed by atoms with Crippen molar-refractivity contribution in [1.82, 2.24) is 63.8 Å². The van der Waals surface area contributed by atoms with Crippen molar-refractivity contribution in [2.45, 2.75) is 371 Å². The van der Waals surface area contributed by atoms with E-state index in [1.807, 2.05) is 0 Å². The van der Waals surface area contributed by atoms with Crippen LogP contribution in [-0.2, 0) is 115 Å². The highest BCUT2D eigenvalue weighted by molar-refractivity contribution is 5.89. The topological polar surface area (TPSA) is 592 Å². The lowest BCUT2D eigenvalue weighted by molar-refractivity contribution is -0.143. The Kier molecular flexibility index (Phi) is 83.5. The Hall–Kier alpha value is -8.84. The van der Waals surface area contributed by atoms with Crippen LogP contribution in [0.25, 0.3) is 0 Å². The highest BCUT2D eigenvalue weighted by atomic mass is 16.5. The van der Waals surface area contributed by atoms with Crippen LogP contribution in [0.2, 0.25) is 0 Å². The average molecular weight is 2050 g/mol. The lowest BCUT2D eigenvalue weighted by Gasteiger charge is -2.28. The fourth-order valence-electron chi connectivity index (χ4n) is 17.0. The first-order valence-electron chi connectivity index (χ1n) is 54.2. The molecule has 2 rings (SSSR count). The number of ether oxygens (including phenoxy) is 8. The normalized spacial score (nSPS) is 15.3. The number of carboxylic acids is 5. The highest BCUT2D eigenvalue weighted by Crippen LogP contribution is 2.31. The Morgan fingerprint density at radius 3 is 0.785 bits per heavy atom. The molecule has 0 bridgehead atoms. The monoisotopic (exact) mass is 2050 g/mol. The van der Waals surface area contributed by atoms with Gasteiger partial charge < -0.3 is 127 Å². The van der Waals surface area contributed by atoms with E-state index in [9.17, 15) is 92.0 Å². The standard InChI is InChI=1S/C103H184N12O29/c1-104-85(101(131)132)39-35-37-57-110-100(130)84(113-95(123)79-144-73-69-140-65-61-109-94(122)78-143-72-67-138-63-59-107-91(119)55-53-87(103(135)136)115-99(129)83-50-46-81(47-51-83)75-112-89(117)41-31-27-23-19-15-11-7-3-5-9-13-17-21-25-29-33-43-97(126)127)38-34-36-56-105-92(120)76-141-70-68-139-64-60-108-93(121)77-142-71-66-137-62-58-106-90(118)54-52-86(102(133)134)114-98(128)82-48-44-80(45-49-82)74-111-88(116)40-30-26-22-18-14-10-6-2-4-8-12-16-20-24-28-32-42-96(124)125/h80-87,104H,2-79H2,1H3,(H,105,120)(H,106,118)(H,107,119)(H,108,121)(H,109,122)(H,110,130)(H,111,116)(H,112,117)(H,113,123)(H,114,128)(H,115,129)(H,124,125)(H,126,127)(H,131,132)(H,133,134)(H,135,136)/t80-,81-,82-,83-,84-,85-,86-,87-/m0/s1. The molecule has 0 aromatic carbocycles. The third kappa shape index (κ3) is 79.4. The Labute approximate surface area is 854 Å². The Morgan fingerprint density at radius 2 is 0.486 bits per heavy atom. The Morgan fingerprint density at radius 1 is 0.229 bits per heavy atom. The molecule has 41 nitrogen and oxygen atoms in total. The molecule has 2 aliphatic carbocycles. The van der Waals surface area contributed by atoms with Crippen molar-refractivity contribution >= 4 is 94.8 Å². The van der Waals surface area contributed by atoms with E-state index in [1.165, 1.54) is 128 Å². The van der Waals surface area contributed by atoms with Crippen LogP contribution in [0.5, 0.6) is 0 Å². The molecule has 144 heavy (non-hydrogen) atoms. The van der Waals surface area contributed by atoms with Crippen molar-refractivity contribution in [2.24, 2.45) is 23.7 Å². The second-order valence-corrected chi connectivity index (χ2v) is 38.0. The van der Waals surface area contributed by atoms with Crippen molar-refractivity contribution < 1.29 is 140 Å². The maximum absolute atomic E-state index is 13.3. The fraction of sp³-hybridized carbons (Fsp3) is 0.845. The number of rotatable bonds is 100. The number of aliphatic carboxylic acids is 5. The Bertz CT molecular complexity index is 3470. The van der Waals surface area contributed by atoms with Gasteiger partial charge in [-0.1, -0.05) is 180 Å². The van der Waals surface area contributed by atoms with Crippen molar-refractivity contribution in [1.29, 1.82) is 0 Å². The lowest BCUT2D eigenvalue weighted by atomic mass is 9.81. The molecule has 0 radical (unpaired) electrons. The molecular formula is C103H184N12O29. The maximum atomic E-state index is 13.3. The van der Waals surface area contributed by atoms with Gasteiger partial charge >= 0.3 is 29.8 Å². The smallest absolute Gasteiger partial charge is 0.326 e. The van der Waals surface area contributed by atoms with Crippen molar-refractivity contribution in [3.05, 3.63) is 0 Å². The van der Waals surface area contributed by atoms with Gasteiger partial charge in [0.25, 0.3) is 0 Å².